The minimum atomic E-state index is -0.469. The molecule has 0 spiro atoms. The van der Waals surface area contributed by atoms with E-state index >= 15 is 0 Å². The number of aromatic nitrogens is 1. The van der Waals surface area contributed by atoms with E-state index in [1.807, 2.05) is 30.3 Å². The monoisotopic (exact) mass is 271 g/mol. The fraction of sp³-hybridized carbons (Fsp3) is 0.214. The van der Waals surface area contributed by atoms with Gasteiger partial charge in [0, 0.05) is 24.6 Å². The number of carbonyl (C=O) groups is 2. The van der Waals surface area contributed by atoms with Crippen LogP contribution < -0.4 is 10.6 Å². The van der Waals surface area contributed by atoms with Gasteiger partial charge in [-0.05, 0) is 0 Å². The van der Waals surface area contributed by atoms with Crippen molar-refractivity contribution in [2.75, 3.05) is 11.4 Å². The molecule has 20 heavy (non-hydrogen) atoms. The highest BCUT2D eigenvalue weighted by Gasteiger charge is 2.35. The largest absolute Gasteiger partial charge is 0.369 e. The highest BCUT2D eigenvalue weighted by Crippen LogP contribution is 2.28. The van der Waals surface area contributed by atoms with Crippen molar-refractivity contribution in [1.29, 1.82) is 0 Å². The summed E-state index contributed by atoms with van der Waals surface area (Å²) in [6, 6.07) is 11.2. The molecule has 1 aromatic heterocycles. The predicted molar refractivity (Wildman–Crippen MR) is 71.6 cm³/mol. The first-order valence-electron chi connectivity index (χ1n) is 6.27. The van der Waals surface area contributed by atoms with Crippen molar-refractivity contribution in [3.05, 3.63) is 36.4 Å². The Morgan fingerprint density at radius 1 is 1.35 bits per heavy atom. The number of hydrogen-bond acceptors (Lipinski definition) is 4. The third kappa shape index (κ3) is 2.16. The lowest BCUT2D eigenvalue weighted by atomic mass is 10.1. The van der Waals surface area contributed by atoms with E-state index in [9.17, 15) is 9.59 Å². The molecule has 1 unspecified atom stereocenters. The maximum Gasteiger partial charge on any atom is 0.234 e. The Hall–Kier alpha value is -2.63. The van der Waals surface area contributed by atoms with Crippen LogP contribution in [0, 0.1) is 5.92 Å². The Bertz CT molecular complexity index is 651. The molecule has 102 valence electrons. The molecule has 2 aromatic rings. The van der Waals surface area contributed by atoms with Gasteiger partial charge in [-0.3, -0.25) is 14.5 Å². The molecule has 2 heterocycles. The van der Waals surface area contributed by atoms with Crippen LogP contribution in [0.1, 0.15) is 6.42 Å². The molecule has 0 bridgehead atoms. The second-order valence-corrected chi connectivity index (χ2v) is 4.72. The number of rotatable bonds is 3. The zero-order valence-corrected chi connectivity index (χ0v) is 10.7. The molecule has 2 amide bonds. The van der Waals surface area contributed by atoms with Gasteiger partial charge in [0.15, 0.2) is 0 Å². The first-order chi connectivity index (χ1) is 9.65. The number of nitrogens with zero attached hydrogens (tertiary/aromatic N) is 2. The van der Waals surface area contributed by atoms with E-state index in [-0.39, 0.29) is 18.9 Å². The molecule has 6 heteroatoms. The second-order valence-electron chi connectivity index (χ2n) is 4.72. The van der Waals surface area contributed by atoms with Gasteiger partial charge in [0.2, 0.25) is 17.7 Å². The summed E-state index contributed by atoms with van der Waals surface area (Å²) in [6.07, 6.45) is 0.122. The number of nitrogens with two attached hydrogens (primary N) is 1. The molecule has 1 aliphatic heterocycles. The number of hydrogen-bond donors (Lipinski definition) is 1. The average molecular weight is 271 g/mol. The molecule has 2 N–H and O–H groups in total. The van der Waals surface area contributed by atoms with Crippen molar-refractivity contribution >= 4 is 17.7 Å². The second kappa shape index (κ2) is 4.80. The molecule has 6 nitrogen and oxygen atoms in total. The normalized spacial score (nSPS) is 18.5. The smallest absolute Gasteiger partial charge is 0.234 e. The fourth-order valence-electron chi connectivity index (χ4n) is 2.25. The molecule has 1 atom stereocenters. The summed E-state index contributed by atoms with van der Waals surface area (Å²) >= 11 is 0. The van der Waals surface area contributed by atoms with Crippen molar-refractivity contribution in [1.82, 2.24) is 5.16 Å². The summed E-state index contributed by atoms with van der Waals surface area (Å²) in [7, 11) is 0. The summed E-state index contributed by atoms with van der Waals surface area (Å²) in [4.78, 5) is 24.4. The SMILES string of the molecule is NC(=O)C1CC(=O)N(c2cc(-c3ccccc3)no2)C1. The molecule has 0 radical (unpaired) electrons. The standard InChI is InChI=1S/C14H13N3O3/c15-14(19)10-6-12(18)17(8-10)13-7-11(16-20-13)9-4-2-1-3-5-9/h1-5,7,10H,6,8H2,(H2,15,19). The molecule has 1 fully saturated rings. The van der Waals surface area contributed by atoms with E-state index in [4.69, 9.17) is 10.3 Å². The van der Waals surface area contributed by atoms with Gasteiger partial charge in [0.1, 0.15) is 5.69 Å². The van der Waals surface area contributed by atoms with E-state index in [0.29, 0.717) is 11.6 Å². The van der Waals surface area contributed by atoms with Gasteiger partial charge in [0.25, 0.3) is 0 Å². The Balaban J connectivity index is 1.84. The van der Waals surface area contributed by atoms with Crippen LogP contribution in [0.3, 0.4) is 0 Å². The van der Waals surface area contributed by atoms with Crippen molar-refractivity contribution in [3.8, 4) is 11.3 Å². The van der Waals surface area contributed by atoms with Gasteiger partial charge in [-0.1, -0.05) is 35.5 Å². The van der Waals surface area contributed by atoms with Gasteiger partial charge in [0.05, 0.1) is 5.92 Å². The van der Waals surface area contributed by atoms with Gasteiger partial charge in [-0.25, -0.2) is 0 Å². The topological polar surface area (TPSA) is 89.4 Å². The zero-order valence-electron chi connectivity index (χ0n) is 10.7. The van der Waals surface area contributed by atoms with Crippen LogP contribution in [-0.2, 0) is 9.59 Å². The fourth-order valence-corrected chi connectivity index (χ4v) is 2.25. The summed E-state index contributed by atoms with van der Waals surface area (Å²) in [6.45, 7) is 0.248. The average Bonchev–Trinajstić information content (AvgIpc) is 3.06. The maximum atomic E-state index is 11.9. The van der Waals surface area contributed by atoms with Crippen LogP contribution in [0.4, 0.5) is 5.88 Å². The van der Waals surface area contributed by atoms with E-state index < -0.39 is 11.8 Å². The molecule has 0 saturated carbocycles. The summed E-state index contributed by atoms with van der Waals surface area (Å²) < 4.78 is 5.20. The van der Waals surface area contributed by atoms with Crippen LogP contribution in [0.2, 0.25) is 0 Å². The molecular weight excluding hydrogens is 258 g/mol. The minimum Gasteiger partial charge on any atom is -0.369 e. The summed E-state index contributed by atoms with van der Waals surface area (Å²) in [5.41, 5.74) is 6.78. The highest BCUT2D eigenvalue weighted by atomic mass is 16.5. The minimum absolute atomic E-state index is 0.122. The Morgan fingerprint density at radius 2 is 2.10 bits per heavy atom. The van der Waals surface area contributed by atoms with Crippen molar-refractivity contribution in [2.45, 2.75) is 6.42 Å². The maximum absolute atomic E-state index is 11.9. The third-order valence-electron chi connectivity index (χ3n) is 3.36. The molecule has 1 aliphatic rings. The van der Waals surface area contributed by atoms with Crippen molar-refractivity contribution in [3.63, 3.8) is 0 Å². The van der Waals surface area contributed by atoms with Crippen LogP contribution in [-0.4, -0.2) is 23.5 Å². The molecule has 1 saturated heterocycles. The number of amides is 2. The molecule has 0 aliphatic carbocycles. The lowest BCUT2D eigenvalue weighted by Crippen LogP contribution is -2.28. The lowest BCUT2D eigenvalue weighted by molar-refractivity contribution is -0.123. The Kier molecular flexibility index (Phi) is 2.98. The highest BCUT2D eigenvalue weighted by molar-refractivity contribution is 5.99. The molecular formula is C14H13N3O3. The lowest BCUT2D eigenvalue weighted by Gasteiger charge is -2.10. The van der Waals surface area contributed by atoms with Crippen LogP contribution in [0.15, 0.2) is 40.9 Å². The first-order valence-corrected chi connectivity index (χ1v) is 6.27. The number of anilines is 1. The van der Waals surface area contributed by atoms with Gasteiger partial charge < -0.3 is 10.3 Å². The van der Waals surface area contributed by atoms with Crippen molar-refractivity contribution in [2.24, 2.45) is 11.7 Å². The first kappa shape index (κ1) is 12.4. The molecule has 1 aromatic carbocycles. The number of benzene rings is 1. The number of primary amides is 1. The van der Waals surface area contributed by atoms with E-state index in [2.05, 4.69) is 5.16 Å². The molecule has 3 rings (SSSR count). The Labute approximate surface area is 115 Å². The van der Waals surface area contributed by atoms with Crippen LogP contribution in [0.5, 0.6) is 0 Å². The Morgan fingerprint density at radius 3 is 2.75 bits per heavy atom. The number of carbonyl (C=O) groups excluding carboxylic acids is 2. The van der Waals surface area contributed by atoms with Crippen LogP contribution >= 0.6 is 0 Å². The van der Waals surface area contributed by atoms with Gasteiger partial charge in [-0.15, -0.1) is 0 Å². The third-order valence-corrected chi connectivity index (χ3v) is 3.36. The zero-order chi connectivity index (χ0) is 14.1. The van der Waals surface area contributed by atoms with Gasteiger partial charge >= 0.3 is 0 Å². The summed E-state index contributed by atoms with van der Waals surface area (Å²) in [5, 5.41) is 3.95. The van der Waals surface area contributed by atoms with E-state index in [1.165, 1.54) is 4.90 Å². The van der Waals surface area contributed by atoms with Crippen LogP contribution in [0.25, 0.3) is 11.3 Å². The van der Waals surface area contributed by atoms with E-state index in [1.54, 1.807) is 6.07 Å². The quantitative estimate of drug-likeness (QED) is 0.907. The van der Waals surface area contributed by atoms with Crippen molar-refractivity contribution < 1.29 is 14.1 Å². The van der Waals surface area contributed by atoms with Gasteiger partial charge in [-0.2, -0.15) is 0 Å². The van der Waals surface area contributed by atoms with E-state index in [0.717, 1.165) is 5.56 Å². The predicted octanol–water partition coefficient (Wildman–Crippen LogP) is 1.18. The summed E-state index contributed by atoms with van der Waals surface area (Å²) in [5.74, 6) is -0.765.